The molecular weight excluding hydrogens is 366 g/mol. The first-order chi connectivity index (χ1) is 9.59. The van der Waals surface area contributed by atoms with E-state index in [4.69, 9.17) is 17.0 Å². The van der Waals surface area contributed by atoms with E-state index in [0.29, 0.717) is 3.63 Å². The monoisotopic (exact) mass is 379 g/mol. The van der Waals surface area contributed by atoms with E-state index in [9.17, 15) is 0 Å². The number of hydrogen-bond donors (Lipinski definition) is 0. The van der Waals surface area contributed by atoms with Gasteiger partial charge in [0.2, 0.25) is 0 Å². The Morgan fingerprint density at radius 2 is 1.65 bits per heavy atom. The molecule has 0 amide bonds. The SMILES string of the molecule is CC1=Cc2c(-c3ccccc3)ccc(C)c2[CH]1[Zr]([Cl])[Cl]. The van der Waals surface area contributed by atoms with Crippen molar-refractivity contribution >= 4 is 23.1 Å². The average molecular weight is 381 g/mol. The van der Waals surface area contributed by atoms with Crippen molar-refractivity contribution in [2.45, 2.75) is 17.5 Å². The molecule has 0 nitrogen and oxygen atoms in total. The topological polar surface area (TPSA) is 0 Å². The molecule has 3 heteroatoms. The number of allylic oxidation sites excluding steroid dienone is 1. The molecule has 0 fully saturated rings. The van der Waals surface area contributed by atoms with Crippen LogP contribution in [0.25, 0.3) is 17.2 Å². The van der Waals surface area contributed by atoms with Crippen molar-refractivity contribution in [3.63, 3.8) is 0 Å². The van der Waals surface area contributed by atoms with E-state index in [0.717, 1.165) is 0 Å². The molecule has 1 aliphatic carbocycles. The van der Waals surface area contributed by atoms with Gasteiger partial charge in [0.05, 0.1) is 0 Å². The van der Waals surface area contributed by atoms with Crippen molar-refractivity contribution in [2.75, 3.05) is 0 Å². The van der Waals surface area contributed by atoms with Crippen LogP contribution >= 0.6 is 17.0 Å². The molecule has 1 aliphatic rings. The number of halogens is 2. The van der Waals surface area contributed by atoms with Gasteiger partial charge < -0.3 is 0 Å². The van der Waals surface area contributed by atoms with Crippen LogP contribution in [0.5, 0.6) is 0 Å². The van der Waals surface area contributed by atoms with Gasteiger partial charge in [-0.05, 0) is 0 Å². The van der Waals surface area contributed by atoms with Crippen molar-refractivity contribution in [3.05, 3.63) is 64.7 Å². The van der Waals surface area contributed by atoms with Crippen molar-refractivity contribution in [1.29, 1.82) is 0 Å². The summed E-state index contributed by atoms with van der Waals surface area (Å²) < 4.78 is 0.305. The van der Waals surface area contributed by atoms with E-state index in [2.05, 4.69) is 56.3 Å². The molecule has 0 N–H and O–H groups in total. The Bertz CT molecular complexity index is 675. The van der Waals surface area contributed by atoms with Gasteiger partial charge in [-0.2, -0.15) is 0 Å². The summed E-state index contributed by atoms with van der Waals surface area (Å²) in [6.07, 6.45) is 2.28. The maximum absolute atomic E-state index is 6.40. The van der Waals surface area contributed by atoms with E-state index in [1.165, 1.54) is 33.4 Å². The quantitative estimate of drug-likeness (QED) is 0.594. The third kappa shape index (κ3) is 2.45. The standard InChI is InChI=1S/C17H15.2ClH.Zr/c1-12-10-16-13(2)8-9-15(17(16)11-12)14-6-4-3-5-7-14;;;/h3-11H,1-2H3;2*1H;/q;;;+2/p-2. The van der Waals surface area contributed by atoms with E-state index < -0.39 is 19.4 Å². The molecule has 0 aromatic heterocycles. The van der Waals surface area contributed by atoms with Gasteiger partial charge in [-0.1, -0.05) is 0 Å². The van der Waals surface area contributed by atoms with Crippen molar-refractivity contribution in [1.82, 2.24) is 0 Å². The van der Waals surface area contributed by atoms with Crippen molar-refractivity contribution in [2.24, 2.45) is 0 Å². The first-order valence-corrected chi connectivity index (χ1v) is 14.4. The van der Waals surface area contributed by atoms with Crippen LogP contribution in [0.3, 0.4) is 0 Å². The zero-order valence-electron chi connectivity index (χ0n) is 11.5. The third-order valence-corrected chi connectivity index (χ3v) is 9.41. The normalized spacial score (nSPS) is 16.8. The van der Waals surface area contributed by atoms with Crippen LogP contribution in [0.15, 0.2) is 48.0 Å². The number of aryl methyl sites for hydroxylation is 1. The van der Waals surface area contributed by atoms with Crippen molar-refractivity contribution in [3.8, 4) is 11.1 Å². The molecule has 2 aromatic carbocycles. The summed E-state index contributed by atoms with van der Waals surface area (Å²) in [4.78, 5) is 0. The molecule has 1 atom stereocenters. The van der Waals surface area contributed by atoms with Crippen LogP contribution in [0.4, 0.5) is 0 Å². The Labute approximate surface area is 135 Å². The molecule has 101 valence electrons. The van der Waals surface area contributed by atoms with Gasteiger partial charge >= 0.3 is 136 Å². The summed E-state index contributed by atoms with van der Waals surface area (Å²) in [7, 11) is 12.8. The van der Waals surface area contributed by atoms with Crippen LogP contribution in [0.1, 0.15) is 27.2 Å². The molecule has 0 bridgehead atoms. The summed E-state index contributed by atoms with van der Waals surface area (Å²) in [5.74, 6) is 0. The van der Waals surface area contributed by atoms with Gasteiger partial charge in [-0.15, -0.1) is 0 Å². The van der Waals surface area contributed by atoms with E-state index in [1.54, 1.807) is 0 Å². The second kappa shape index (κ2) is 5.80. The van der Waals surface area contributed by atoms with Crippen LogP contribution in [-0.2, 0) is 19.4 Å². The fourth-order valence-electron chi connectivity index (χ4n) is 2.97. The fraction of sp³-hybridized carbons (Fsp3) is 0.176. The molecule has 0 heterocycles. The molecule has 0 radical (unpaired) electrons. The molecule has 3 rings (SSSR count). The fourth-order valence-corrected chi connectivity index (χ4v) is 8.83. The molecule has 2 aromatic rings. The Kier molecular flexibility index (Phi) is 4.22. The minimum atomic E-state index is -2.36. The summed E-state index contributed by atoms with van der Waals surface area (Å²) in [6, 6.07) is 14.9. The van der Waals surface area contributed by atoms with Crippen molar-refractivity contribution < 1.29 is 19.4 Å². The zero-order chi connectivity index (χ0) is 14.3. The number of hydrogen-bond acceptors (Lipinski definition) is 0. The van der Waals surface area contributed by atoms with E-state index in [-0.39, 0.29) is 0 Å². The average Bonchev–Trinajstić information content (AvgIpc) is 2.78. The Morgan fingerprint density at radius 1 is 0.950 bits per heavy atom. The molecule has 20 heavy (non-hydrogen) atoms. The van der Waals surface area contributed by atoms with Gasteiger partial charge in [0.15, 0.2) is 0 Å². The molecule has 0 spiro atoms. The number of rotatable bonds is 2. The first kappa shape index (κ1) is 14.6. The summed E-state index contributed by atoms with van der Waals surface area (Å²) in [6.45, 7) is 4.32. The van der Waals surface area contributed by atoms with Crippen LogP contribution in [0.2, 0.25) is 0 Å². The molecule has 0 saturated heterocycles. The molecule has 0 aliphatic heterocycles. The van der Waals surface area contributed by atoms with Gasteiger partial charge in [0, 0.05) is 0 Å². The van der Waals surface area contributed by atoms with E-state index in [1.807, 2.05) is 6.07 Å². The Balaban J connectivity index is 2.23. The van der Waals surface area contributed by atoms with Gasteiger partial charge in [-0.3, -0.25) is 0 Å². The predicted octanol–water partition coefficient (Wildman–Crippen LogP) is 6.05. The third-order valence-electron chi connectivity index (χ3n) is 3.92. The minimum absolute atomic E-state index is 0.305. The maximum atomic E-state index is 6.40. The summed E-state index contributed by atoms with van der Waals surface area (Å²) in [5, 5.41) is 0. The van der Waals surface area contributed by atoms with Gasteiger partial charge in [-0.25, -0.2) is 0 Å². The Morgan fingerprint density at radius 3 is 2.30 bits per heavy atom. The molecular formula is C17H15Cl2Zr. The van der Waals surface area contributed by atoms with Crippen LogP contribution in [-0.4, -0.2) is 0 Å². The van der Waals surface area contributed by atoms with Crippen LogP contribution in [0, 0.1) is 6.92 Å². The van der Waals surface area contributed by atoms with E-state index >= 15 is 0 Å². The second-order valence-electron chi connectivity index (χ2n) is 5.23. The zero-order valence-corrected chi connectivity index (χ0v) is 15.4. The van der Waals surface area contributed by atoms with Gasteiger partial charge in [0.25, 0.3) is 0 Å². The second-order valence-corrected chi connectivity index (χ2v) is 14.0. The first-order valence-electron chi connectivity index (χ1n) is 6.64. The molecule has 1 unspecified atom stereocenters. The van der Waals surface area contributed by atoms with Gasteiger partial charge in [0.1, 0.15) is 0 Å². The summed E-state index contributed by atoms with van der Waals surface area (Å²) in [5.41, 5.74) is 7.85. The predicted molar refractivity (Wildman–Crippen MR) is 84.7 cm³/mol. The number of benzene rings is 2. The Hall–Kier alpha value is -0.357. The number of fused-ring (bicyclic) bond motifs is 1. The molecule has 0 saturated carbocycles. The summed E-state index contributed by atoms with van der Waals surface area (Å²) >= 11 is -2.36. The van der Waals surface area contributed by atoms with Crippen LogP contribution < -0.4 is 0 Å².